The van der Waals surface area contributed by atoms with Crippen LogP contribution in [-0.4, -0.2) is 39.6 Å². The van der Waals surface area contributed by atoms with Crippen LogP contribution in [0.15, 0.2) is 29.2 Å². The first-order valence-corrected chi connectivity index (χ1v) is 7.48. The van der Waals surface area contributed by atoms with Gasteiger partial charge in [0.1, 0.15) is 0 Å². The fourth-order valence-corrected chi connectivity index (χ4v) is 2.63. The van der Waals surface area contributed by atoms with E-state index in [0.717, 1.165) is 6.07 Å². The van der Waals surface area contributed by atoms with Gasteiger partial charge in [-0.15, -0.1) is 0 Å². The van der Waals surface area contributed by atoms with Gasteiger partial charge in [0.15, 0.2) is 4.90 Å². The number of nitro groups is 1. The largest absolute Gasteiger partial charge is 0.380 e. The first-order valence-electron chi connectivity index (χ1n) is 6.00. The highest BCUT2D eigenvalue weighted by atomic mass is 32.2. The Balaban J connectivity index is 2.63. The Morgan fingerprint density at radius 2 is 2.00 bits per heavy atom. The summed E-state index contributed by atoms with van der Waals surface area (Å²) in [5.41, 5.74) is 4.82. The molecule has 0 saturated heterocycles. The summed E-state index contributed by atoms with van der Waals surface area (Å²) < 4.78 is 31.3. The summed E-state index contributed by atoms with van der Waals surface area (Å²) in [6, 6.07) is 5.18. The molecule has 0 bridgehead atoms. The van der Waals surface area contributed by atoms with Crippen molar-refractivity contribution in [3.05, 3.63) is 34.4 Å². The zero-order valence-electron chi connectivity index (χ0n) is 10.8. The van der Waals surface area contributed by atoms with Gasteiger partial charge < -0.3 is 10.5 Å². The number of benzene rings is 1. The van der Waals surface area contributed by atoms with Gasteiger partial charge in [-0.25, -0.2) is 13.1 Å². The van der Waals surface area contributed by atoms with Crippen LogP contribution in [0.25, 0.3) is 0 Å². The van der Waals surface area contributed by atoms with E-state index in [1.54, 1.807) is 0 Å². The summed E-state index contributed by atoms with van der Waals surface area (Å²) in [4.78, 5) is 9.71. The Morgan fingerprint density at radius 3 is 2.65 bits per heavy atom. The third-order valence-electron chi connectivity index (χ3n) is 2.38. The molecule has 0 spiro atoms. The lowest BCUT2D eigenvalue weighted by molar-refractivity contribution is -0.387. The minimum atomic E-state index is -3.93. The summed E-state index contributed by atoms with van der Waals surface area (Å²) >= 11 is 0. The number of hydrogen-bond donors (Lipinski definition) is 2. The van der Waals surface area contributed by atoms with Crippen LogP contribution in [0.1, 0.15) is 6.42 Å². The first-order chi connectivity index (χ1) is 9.49. The van der Waals surface area contributed by atoms with E-state index in [2.05, 4.69) is 4.72 Å². The monoisotopic (exact) mass is 303 g/mol. The van der Waals surface area contributed by atoms with Crippen LogP contribution in [0, 0.1) is 10.1 Å². The van der Waals surface area contributed by atoms with Gasteiger partial charge in [-0.3, -0.25) is 10.1 Å². The van der Waals surface area contributed by atoms with Crippen molar-refractivity contribution in [1.29, 1.82) is 0 Å². The van der Waals surface area contributed by atoms with Crippen LogP contribution in [0.2, 0.25) is 0 Å². The van der Waals surface area contributed by atoms with Crippen molar-refractivity contribution in [2.24, 2.45) is 5.73 Å². The van der Waals surface area contributed by atoms with E-state index >= 15 is 0 Å². The number of nitrogens with two attached hydrogens (primary N) is 1. The Labute approximate surface area is 117 Å². The molecule has 112 valence electrons. The Morgan fingerprint density at radius 1 is 1.30 bits per heavy atom. The van der Waals surface area contributed by atoms with Crippen molar-refractivity contribution >= 4 is 15.7 Å². The molecule has 0 unspecified atom stereocenters. The third-order valence-corrected chi connectivity index (χ3v) is 3.89. The van der Waals surface area contributed by atoms with Crippen molar-refractivity contribution in [3.63, 3.8) is 0 Å². The van der Waals surface area contributed by atoms with E-state index in [1.165, 1.54) is 18.2 Å². The van der Waals surface area contributed by atoms with E-state index in [4.69, 9.17) is 10.5 Å². The van der Waals surface area contributed by atoms with Crippen molar-refractivity contribution in [3.8, 4) is 0 Å². The van der Waals surface area contributed by atoms with Crippen LogP contribution >= 0.6 is 0 Å². The Bertz CT molecular complexity index is 547. The summed E-state index contributed by atoms with van der Waals surface area (Å²) in [6.45, 7) is 1.17. The van der Waals surface area contributed by atoms with Crippen molar-refractivity contribution < 1.29 is 18.1 Å². The molecule has 1 aromatic rings. The molecule has 0 aliphatic heterocycles. The van der Waals surface area contributed by atoms with Gasteiger partial charge in [0.25, 0.3) is 5.69 Å². The first kappa shape index (κ1) is 16.5. The van der Waals surface area contributed by atoms with E-state index in [9.17, 15) is 18.5 Å². The van der Waals surface area contributed by atoms with E-state index in [0.29, 0.717) is 19.6 Å². The average molecular weight is 303 g/mol. The fraction of sp³-hybridized carbons (Fsp3) is 0.455. The molecule has 9 heteroatoms. The summed E-state index contributed by atoms with van der Waals surface area (Å²) in [5.74, 6) is 0. The molecule has 0 radical (unpaired) electrons. The van der Waals surface area contributed by atoms with Gasteiger partial charge in [0, 0.05) is 19.2 Å². The summed E-state index contributed by atoms with van der Waals surface area (Å²) in [6.07, 6.45) is 0.691. The number of rotatable bonds is 9. The second-order valence-corrected chi connectivity index (χ2v) is 5.61. The molecule has 3 N–H and O–H groups in total. The topological polar surface area (TPSA) is 125 Å². The van der Waals surface area contributed by atoms with Crippen LogP contribution in [-0.2, 0) is 14.8 Å². The van der Waals surface area contributed by atoms with Crippen molar-refractivity contribution in [2.45, 2.75) is 11.3 Å². The lowest BCUT2D eigenvalue weighted by Gasteiger charge is -2.07. The van der Waals surface area contributed by atoms with E-state index in [-0.39, 0.29) is 18.0 Å². The number of nitro benzene ring substituents is 1. The minimum absolute atomic E-state index is 0.0406. The van der Waals surface area contributed by atoms with Crippen molar-refractivity contribution in [2.75, 3.05) is 26.3 Å². The molecule has 0 amide bonds. The SMILES string of the molecule is NCCCOCCNS(=O)(=O)c1ccccc1[N+](=O)[O-]. The molecule has 8 nitrogen and oxygen atoms in total. The molecule has 0 fully saturated rings. The van der Waals surface area contributed by atoms with Crippen LogP contribution in [0.4, 0.5) is 5.69 Å². The summed E-state index contributed by atoms with van der Waals surface area (Å²) in [5, 5.41) is 10.8. The number of para-hydroxylation sites is 1. The zero-order chi connectivity index (χ0) is 15.0. The highest BCUT2D eigenvalue weighted by molar-refractivity contribution is 7.89. The lowest BCUT2D eigenvalue weighted by Crippen LogP contribution is -2.28. The van der Waals surface area contributed by atoms with Crippen LogP contribution < -0.4 is 10.5 Å². The normalized spacial score (nSPS) is 11.4. The van der Waals surface area contributed by atoms with Crippen molar-refractivity contribution in [1.82, 2.24) is 4.72 Å². The molecule has 1 aromatic carbocycles. The maximum Gasteiger partial charge on any atom is 0.289 e. The molecule has 0 atom stereocenters. The second-order valence-electron chi connectivity index (χ2n) is 3.88. The van der Waals surface area contributed by atoms with Gasteiger partial charge in [0.2, 0.25) is 10.0 Å². The predicted molar refractivity (Wildman–Crippen MR) is 72.8 cm³/mol. The number of nitrogens with one attached hydrogen (secondary N) is 1. The molecule has 20 heavy (non-hydrogen) atoms. The fourth-order valence-electron chi connectivity index (χ4n) is 1.45. The van der Waals surface area contributed by atoms with Crippen LogP contribution in [0.5, 0.6) is 0 Å². The molecular weight excluding hydrogens is 286 g/mol. The highest BCUT2D eigenvalue weighted by Gasteiger charge is 2.24. The predicted octanol–water partition coefficient (Wildman–Crippen LogP) is 0.239. The number of hydrogen-bond acceptors (Lipinski definition) is 6. The standard InChI is InChI=1S/C11H17N3O5S/c12-6-3-8-19-9-7-13-20(17,18)11-5-2-1-4-10(11)14(15)16/h1-2,4-5,13H,3,6-9,12H2. The molecule has 1 rings (SSSR count). The molecule has 0 saturated carbocycles. The third kappa shape index (κ3) is 4.85. The molecule has 0 aromatic heterocycles. The number of nitrogens with zero attached hydrogens (tertiary/aromatic N) is 1. The molecule has 0 heterocycles. The quantitative estimate of drug-likeness (QED) is 0.382. The average Bonchev–Trinajstić information content (AvgIpc) is 2.42. The van der Waals surface area contributed by atoms with Gasteiger partial charge in [-0.05, 0) is 19.0 Å². The van der Waals surface area contributed by atoms with E-state index < -0.39 is 20.6 Å². The maximum absolute atomic E-state index is 12.0. The molecular formula is C11H17N3O5S. The molecule has 0 aliphatic carbocycles. The second kappa shape index (κ2) is 7.90. The summed E-state index contributed by atoms with van der Waals surface area (Å²) in [7, 11) is -3.93. The Kier molecular flexibility index (Phi) is 6.52. The smallest absolute Gasteiger partial charge is 0.289 e. The van der Waals surface area contributed by atoms with Crippen LogP contribution in [0.3, 0.4) is 0 Å². The highest BCUT2D eigenvalue weighted by Crippen LogP contribution is 2.22. The number of ether oxygens (including phenoxy) is 1. The van der Waals surface area contributed by atoms with Gasteiger partial charge in [-0.2, -0.15) is 0 Å². The van der Waals surface area contributed by atoms with Gasteiger partial charge in [-0.1, -0.05) is 12.1 Å². The lowest BCUT2D eigenvalue weighted by atomic mass is 10.3. The molecule has 0 aliphatic rings. The Hall–Kier alpha value is -1.55. The maximum atomic E-state index is 12.0. The number of sulfonamides is 1. The zero-order valence-corrected chi connectivity index (χ0v) is 11.6. The van der Waals surface area contributed by atoms with Gasteiger partial charge in [0.05, 0.1) is 11.5 Å². The van der Waals surface area contributed by atoms with E-state index in [1.807, 2.05) is 0 Å². The minimum Gasteiger partial charge on any atom is -0.380 e. The van der Waals surface area contributed by atoms with Gasteiger partial charge >= 0.3 is 0 Å².